The van der Waals surface area contributed by atoms with Crippen LogP contribution in [-0.4, -0.2) is 33.7 Å². The molecule has 1 saturated carbocycles. The van der Waals surface area contributed by atoms with E-state index >= 15 is 0 Å². The summed E-state index contributed by atoms with van der Waals surface area (Å²) in [7, 11) is 0. The van der Waals surface area contributed by atoms with Gasteiger partial charge in [-0.05, 0) is 18.9 Å². The van der Waals surface area contributed by atoms with E-state index in [9.17, 15) is 46.5 Å². The van der Waals surface area contributed by atoms with Crippen LogP contribution in [0.2, 0.25) is 0 Å². The third kappa shape index (κ3) is 3.78. The molecule has 1 fully saturated rings. The Bertz CT molecular complexity index is 830. The number of hydrogen-bond donors (Lipinski definition) is 1. The number of nitro benzene ring substituents is 1. The Hall–Kier alpha value is -2.92. The van der Waals surface area contributed by atoms with E-state index in [4.69, 9.17) is 5.11 Å². The first-order chi connectivity index (χ1) is 12.3. The highest BCUT2D eigenvalue weighted by atomic mass is 19.4. The van der Waals surface area contributed by atoms with Crippen LogP contribution in [0.25, 0.3) is 0 Å². The van der Waals surface area contributed by atoms with E-state index in [1.165, 1.54) is 0 Å². The van der Waals surface area contributed by atoms with E-state index in [0.29, 0.717) is 18.9 Å². The van der Waals surface area contributed by atoms with Crippen LogP contribution in [0, 0.1) is 22.0 Å². The summed E-state index contributed by atoms with van der Waals surface area (Å²) in [6.07, 6.45) is -5.39. The van der Waals surface area contributed by atoms with Crippen LogP contribution in [-0.2, 0) is 15.5 Å². The maximum Gasteiger partial charge on any atom is 0.458 e. The molecule has 1 atom stereocenters. The molecule has 1 unspecified atom stereocenters. The number of Topliss-reactive ketones (excluding diaryl/α,β-unsaturated/α-hetero) is 2. The van der Waals surface area contributed by atoms with E-state index in [2.05, 4.69) is 0 Å². The minimum atomic E-state index is -6.04. The minimum Gasteiger partial charge on any atom is -0.480 e. The molecule has 2 rings (SSSR count). The topological polar surface area (TPSA) is 115 Å². The molecule has 1 aromatic carbocycles. The van der Waals surface area contributed by atoms with Crippen molar-refractivity contribution in [1.82, 2.24) is 0 Å². The van der Waals surface area contributed by atoms with Crippen LogP contribution in [0.3, 0.4) is 0 Å². The summed E-state index contributed by atoms with van der Waals surface area (Å²) in [5.74, 6) is -12.9. The fourth-order valence-corrected chi connectivity index (χ4v) is 2.37. The lowest BCUT2D eigenvalue weighted by Gasteiger charge is -2.20. The molecule has 0 aliphatic heterocycles. The second kappa shape index (κ2) is 6.67. The van der Waals surface area contributed by atoms with Gasteiger partial charge < -0.3 is 5.11 Å². The second-order valence-electron chi connectivity index (χ2n) is 5.87. The zero-order chi connectivity index (χ0) is 20.7. The third-order valence-electron chi connectivity index (χ3n) is 3.95. The van der Waals surface area contributed by atoms with Crippen molar-refractivity contribution in [2.24, 2.45) is 11.8 Å². The first kappa shape index (κ1) is 20.4. The first-order valence-corrected chi connectivity index (χ1v) is 7.33. The van der Waals surface area contributed by atoms with Crippen LogP contribution in [0.5, 0.6) is 0 Å². The van der Waals surface area contributed by atoms with Gasteiger partial charge >= 0.3 is 18.1 Å². The number of carbonyl (C=O) groups is 3. The summed E-state index contributed by atoms with van der Waals surface area (Å²) in [5, 5.41) is 20.2. The molecule has 1 aromatic rings. The summed E-state index contributed by atoms with van der Waals surface area (Å²) >= 11 is 0. The van der Waals surface area contributed by atoms with Crippen LogP contribution < -0.4 is 0 Å². The van der Waals surface area contributed by atoms with Crippen molar-refractivity contribution in [1.29, 1.82) is 0 Å². The lowest BCUT2D eigenvalue weighted by molar-refractivity contribution is -0.385. The predicted octanol–water partition coefficient (Wildman–Crippen LogP) is 3.11. The van der Waals surface area contributed by atoms with Crippen LogP contribution >= 0.6 is 0 Å². The summed E-state index contributed by atoms with van der Waals surface area (Å²) in [5.41, 5.74) is -4.28. The Kier molecular flexibility index (Phi) is 5.04. The Balaban J connectivity index is 2.53. The van der Waals surface area contributed by atoms with Gasteiger partial charge in [-0.15, -0.1) is 0 Å². The fraction of sp³-hybridized carbons (Fsp3) is 0.400. The molecule has 146 valence electrons. The van der Waals surface area contributed by atoms with E-state index in [0.717, 1.165) is 0 Å². The summed E-state index contributed by atoms with van der Waals surface area (Å²) < 4.78 is 64.1. The molecule has 7 nitrogen and oxygen atoms in total. The number of benzene rings is 1. The number of nitro groups is 1. The highest BCUT2D eigenvalue weighted by Gasteiger charge is 2.59. The summed E-state index contributed by atoms with van der Waals surface area (Å²) in [4.78, 5) is 45.2. The van der Waals surface area contributed by atoms with Crippen molar-refractivity contribution in [2.75, 3.05) is 0 Å². The number of nitrogens with zero attached hydrogens (tertiary/aromatic N) is 1. The number of hydrogen-bond acceptors (Lipinski definition) is 5. The minimum absolute atomic E-state index is 0.133. The molecule has 0 amide bonds. The number of carboxylic acid groups (broad SMARTS) is 1. The maximum absolute atomic E-state index is 13.4. The molecule has 0 radical (unpaired) electrons. The van der Waals surface area contributed by atoms with Gasteiger partial charge in [0.25, 0.3) is 5.69 Å². The van der Waals surface area contributed by atoms with Crippen LogP contribution in [0.1, 0.15) is 28.8 Å². The molecule has 1 N–H and O–H groups in total. The summed E-state index contributed by atoms with van der Waals surface area (Å²) in [6, 6.07) is 0.279. The smallest absolute Gasteiger partial charge is 0.458 e. The third-order valence-corrected chi connectivity index (χ3v) is 3.95. The van der Waals surface area contributed by atoms with Gasteiger partial charge in [0.1, 0.15) is 0 Å². The molecular formula is C15H10F5NO6. The molecule has 0 bridgehead atoms. The number of alkyl halides is 5. The number of carbonyl (C=O) groups excluding carboxylic acids is 2. The van der Waals surface area contributed by atoms with Crippen molar-refractivity contribution in [2.45, 2.75) is 24.9 Å². The normalized spacial score (nSPS) is 15.9. The molecule has 0 saturated heterocycles. The monoisotopic (exact) mass is 395 g/mol. The molecule has 12 heteroatoms. The van der Waals surface area contributed by atoms with Crippen LogP contribution in [0.4, 0.5) is 27.6 Å². The number of aliphatic carboxylic acids is 1. The Morgan fingerprint density at radius 2 is 1.70 bits per heavy atom. The van der Waals surface area contributed by atoms with Crippen LogP contribution in [0.15, 0.2) is 18.2 Å². The molecule has 0 spiro atoms. The summed E-state index contributed by atoms with van der Waals surface area (Å²) in [6.45, 7) is 0. The number of carboxylic acids is 1. The first-order valence-electron chi connectivity index (χ1n) is 7.33. The average Bonchev–Trinajstić information content (AvgIpc) is 3.37. The highest BCUT2D eigenvalue weighted by Crippen LogP contribution is 2.45. The van der Waals surface area contributed by atoms with Gasteiger partial charge in [-0.25, -0.2) is 0 Å². The Morgan fingerprint density at radius 1 is 1.15 bits per heavy atom. The molecule has 0 heterocycles. The largest absolute Gasteiger partial charge is 0.480 e. The van der Waals surface area contributed by atoms with E-state index in [-0.39, 0.29) is 12.1 Å². The number of rotatable bonds is 7. The van der Waals surface area contributed by atoms with E-state index < -0.39 is 63.2 Å². The SMILES string of the molecule is O=C(O)C(C(=O)c1ccc(C(F)(F)C(F)(F)F)cc1[N+](=O)[O-])C(=O)C1CC1. The average molecular weight is 395 g/mol. The number of ketones is 2. The van der Waals surface area contributed by atoms with Crippen molar-refractivity contribution >= 4 is 23.2 Å². The van der Waals surface area contributed by atoms with E-state index in [1.807, 2.05) is 0 Å². The quantitative estimate of drug-likeness (QED) is 0.249. The van der Waals surface area contributed by atoms with Crippen molar-refractivity contribution in [3.8, 4) is 0 Å². The van der Waals surface area contributed by atoms with Crippen molar-refractivity contribution < 1.29 is 46.4 Å². The van der Waals surface area contributed by atoms with Gasteiger partial charge in [-0.1, -0.05) is 6.07 Å². The highest BCUT2D eigenvalue weighted by molar-refractivity contribution is 6.24. The van der Waals surface area contributed by atoms with Gasteiger partial charge in [0.2, 0.25) is 0 Å². The molecule has 27 heavy (non-hydrogen) atoms. The predicted molar refractivity (Wildman–Crippen MR) is 76.2 cm³/mol. The standard InChI is InChI=1S/C15H10F5NO6/c16-14(17,15(18,19)20)7-3-4-8(9(5-7)21(26)27)12(23)10(13(24)25)11(22)6-1-2-6/h3-6,10H,1-2H2,(H,24,25). The van der Waals surface area contributed by atoms with Gasteiger partial charge in [0, 0.05) is 17.5 Å². The molecule has 0 aromatic heterocycles. The lowest BCUT2D eigenvalue weighted by atomic mass is 9.89. The molecular weight excluding hydrogens is 385 g/mol. The molecule has 1 aliphatic carbocycles. The fourth-order valence-electron chi connectivity index (χ4n) is 2.37. The second-order valence-corrected chi connectivity index (χ2v) is 5.87. The van der Waals surface area contributed by atoms with Gasteiger partial charge in [-0.3, -0.25) is 24.5 Å². The lowest BCUT2D eigenvalue weighted by Crippen LogP contribution is -2.35. The zero-order valence-corrected chi connectivity index (χ0v) is 13.1. The number of halogens is 5. The van der Waals surface area contributed by atoms with Crippen molar-refractivity contribution in [3.63, 3.8) is 0 Å². The van der Waals surface area contributed by atoms with Gasteiger partial charge in [0.05, 0.1) is 10.5 Å². The molecule has 1 aliphatic rings. The Labute approximate surface area is 146 Å². The van der Waals surface area contributed by atoms with Gasteiger partial charge in [0.15, 0.2) is 17.5 Å². The van der Waals surface area contributed by atoms with Gasteiger partial charge in [-0.2, -0.15) is 22.0 Å². The Morgan fingerprint density at radius 3 is 2.11 bits per heavy atom. The maximum atomic E-state index is 13.4. The van der Waals surface area contributed by atoms with Crippen molar-refractivity contribution in [3.05, 3.63) is 39.4 Å². The zero-order valence-electron chi connectivity index (χ0n) is 13.1. The van der Waals surface area contributed by atoms with E-state index in [1.54, 1.807) is 0 Å².